The van der Waals surface area contributed by atoms with Gasteiger partial charge in [-0.15, -0.1) is 0 Å². The monoisotopic (exact) mass is 389 g/mol. The molecule has 0 bridgehead atoms. The van der Waals surface area contributed by atoms with Crippen LogP contribution in [0.5, 0.6) is 5.88 Å². The SMILES string of the molecule is Oc1[nH]c2ccccc2c1C=Nc1ccc(N2CCOCC2)c(C(F)(F)F)c1. The summed E-state index contributed by atoms with van der Waals surface area (Å²) in [7, 11) is 0. The molecule has 2 heterocycles. The minimum absolute atomic E-state index is 0.0778. The molecule has 1 aliphatic heterocycles. The van der Waals surface area contributed by atoms with E-state index >= 15 is 0 Å². The Morgan fingerprint density at radius 2 is 1.86 bits per heavy atom. The van der Waals surface area contributed by atoms with E-state index in [1.165, 1.54) is 12.3 Å². The summed E-state index contributed by atoms with van der Waals surface area (Å²) in [6.45, 7) is 1.62. The number of para-hydroxylation sites is 1. The molecule has 5 nitrogen and oxygen atoms in total. The summed E-state index contributed by atoms with van der Waals surface area (Å²) in [5.74, 6) is -0.0778. The number of aromatic amines is 1. The first-order chi connectivity index (χ1) is 13.4. The Labute approximate surface area is 159 Å². The fourth-order valence-corrected chi connectivity index (χ4v) is 3.33. The van der Waals surface area contributed by atoms with E-state index in [9.17, 15) is 18.3 Å². The van der Waals surface area contributed by atoms with Crippen molar-refractivity contribution in [1.29, 1.82) is 0 Å². The molecular formula is C20H18F3N3O2. The Morgan fingerprint density at radius 3 is 2.61 bits per heavy atom. The first kappa shape index (κ1) is 18.4. The Hall–Kier alpha value is -3.00. The molecule has 0 atom stereocenters. The molecule has 0 aliphatic carbocycles. The summed E-state index contributed by atoms with van der Waals surface area (Å²) in [6, 6.07) is 11.2. The molecule has 8 heteroatoms. The number of rotatable bonds is 3. The van der Waals surface area contributed by atoms with Gasteiger partial charge in [0, 0.05) is 35.9 Å². The number of nitrogens with one attached hydrogen (secondary N) is 1. The lowest BCUT2D eigenvalue weighted by atomic mass is 10.1. The van der Waals surface area contributed by atoms with Crippen molar-refractivity contribution in [2.45, 2.75) is 6.18 Å². The van der Waals surface area contributed by atoms with E-state index in [4.69, 9.17) is 4.74 Å². The number of hydrogen-bond acceptors (Lipinski definition) is 4. The molecule has 2 N–H and O–H groups in total. The van der Waals surface area contributed by atoms with Crippen LogP contribution in [0.3, 0.4) is 0 Å². The zero-order chi connectivity index (χ0) is 19.7. The van der Waals surface area contributed by atoms with Crippen LogP contribution in [0.25, 0.3) is 10.9 Å². The maximum absolute atomic E-state index is 13.6. The number of benzene rings is 2. The molecule has 3 aromatic rings. The average molecular weight is 389 g/mol. The van der Waals surface area contributed by atoms with E-state index in [1.807, 2.05) is 12.1 Å². The zero-order valence-electron chi connectivity index (χ0n) is 14.8. The third-order valence-corrected chi connectivity index (χ3v) is 4.71. The normalized spacial score (nSPS) is 15.6. The van der Waals surface area contributed by atoms with Gasteiger partial charge in [-0.3, -0.25) is 4.99 Å². The second-order valence-corrected chi connectivity index (χ2v) is 6.49. The third-order valence-electron chi connectivity index (χ3n) is 4.71. The lowest BCUT2D eigenvalue weighted by Gasteiger charge is -2.31. The van der Waals surface area contributed by atoms with E-state index in [1.54, 1.807) is 23.1 Å². The number of ether oxygens (including phenoxy) is 1. The van der Waals surface area contributed by atoms with Gasteiger partial charge >= 0.3 is 6.18 Å². The highest BCUT2D eigenvalue weighted by molar-refractivity contribution is 6.02. The van der Waals surface area contributed by atoms with Crippen LogP contribution in [0.4, 0.5) is 24.5 Å². The lowest BCUT2D eigenvalue weighted by Crippen LogP contribution is -2.37. The number of aliphatic imine (C=N–C) groups is 1. The quantitative estimate of drug-likeness (QED) is 0.650. The highest BCUT2D eigenvalue weighted by Crippen LogP contribution is 2.39. The van der Waals surface area contributed by atoms with Crippen molar-refractivity contribution in [1.82, 2.24) is 4.98 Å². The Balaban J connectivity index is 1.70. The van der Waals surface area contributed by atoms with Crippen molar-refractivity contribution in [2.75, 3.05) is 31.2 Å². The van der Waals surface area contributed by atoms with Gasteiger partial charge in [-0.2, -0.15) is 13.2 Å². The number of alkyl halides is 3. The van der Waals surface area contributed by atoms with Crippen molar-refractivity contribution in [3.63, 3.8) is 0 Å². The number of nitrogens with zero attached hydrogens (tertiary/aromatic N) is 2. The minimum atomic E-state index is -4.50. The molecule has 146 valence electrons. The van der Waals surface area contributed by atoms with Crippen LogP contribution < -0.4 is 4.90 Å². The van der Waals surface area contributed by atoms with Crippen molar-refractivity contribution in [3.8, 4) is 5.88 Å². The van der Waals surface area contributed by atoms with Crippen LogP contribution in [0.1, 0.15) is 11.1 Å². The second-order valence-electron chi connectivity index (χ2n) is 6.49. The Bertz CT molecular complexity index is 1020. The van der Waals surface area contributed by atoms with Gasteiger partial charge in [0.15, 0.2) is 5.88 Å². The van der Waals surface area contributed by atoms with Crippen LogP contribution in [0, 0.1) is 0 Å². The molecule has 0 radical (unpaired) electrons. The van der Waals surface area contributed by atoms with Gasteiger partial charge in [-0.25, -0.2) is 0 Å². The molecule has 2 aromatic carbocycles. The fourth-order valence-electron chi connectivity index (χ4n) is 3.33. The number of hydrogen-bond donors (Lipinski definition) is 2. The summed E-state index contributed by atoms with van der Waals surface area (Å²) in [5.41, 5.74) is 0.715. The van der Waals surface area contributed by atoms with Gasteiger partial charge in [0.25, 0.3) is 0 Å². The number of anilines is 1. The smallest absolute Gasteiger partial charge is 0.418 e. The largest absolute Gasteiger partial charge is 0.494 e. The number of halogens is 3. The van der Waals surface area contributed by atoms with Crippen LogP contribution in [-0.4, -0.2) is 42.6 Å². The predicted molar refractivity (Wildman–Crippen MR) is 102 cm³/mol. The van der Waals surface area contributed by atoms with Crippen molar-refractivity contribution >= 4 is 28.5 Å². The molecule has 0 amide bonds. The molecular weight excluding hydrogens is 371 g/mol. The van der Waals surface area contributed by atoms with E-state index in [0.29, 0.717) is 31.9 Å². The van der Waals surface area contributed by atoms with Crippen LogP contribution in [-0.2, 0) is 10.9 Å². The zero-order valence-corrected chi connectivity index (χ0v) is 14.8. The molecule has 1 aliphatic rings. The van der Waals surface area contributed by atoms with E-state index in [0.717, 1.165) is 17.0 Å². The van der Waals surface area contributed by atoms with Gasteiger partial charge in [0.2, 0.25) is 0 Å². The third kappa shape index (κ3) is 3.55. The van der Waals surface area contributed by atoms with Crippen molar-refractivity contribution in [2.24, 2.45) is 4.99 Å². The molecule has 0 saturated carbocycles. The number of fused-ring (bicyclic) bond motifs is 1. The fraction of sp³-hybridized carbons (Fsp3) is 0.250. The van der Waals surface area contributed by atoms with Crippen molar-refractivity contribution in [3.05, 3.63) is 53.6 Å². The molecule has 4 rings (SSSR count). The number of aromatic nitrogens is 1. The second kappa shape index (κ2) is 7.20. The highest BCUT2D eigenvalue weighted by atomic mass is 19.4. The van der Waals surface area contributed by atoms with Gasteiger partial charge < -0.3 is 19.7 Å². The summed E-state index contributed by atoms with van der Waals surface area (Å²) in [6.07, 6.45) is -3.12. The summed E-state index contributed by atoms with van der Waals surface area (Å²) < 4.78 is 46.1. The van der Waals surface area contributed by atoms with E-state index < -0.39 is 11.7 Å². The predicted octanol–water partition coefficient (Wildman–Crippen LogP) is 4.48. The van der Waals surface area contributed by atoms with Gasteiger partial charge in [-0.1, -0.05) is 18.2 Å². The lowest BCUT2D eigenvalue weighted by molar-refractivity contribution is -0.137. The molecule has 0 unspecified atom stereocenters. The topological polar surface area (TPSA) is 60.8 Å². The molecule has 1 fully saturated rings. The first-order valence-corrected chi connectivity index (χ1v) is 8.81. The summed E-state index contributed by atoms with van der Waals surface area (Å²) in [4.78, 5) is 8.66. The molecule has 0 spiro atoms. The van der Waals surface area contributed by atoms with Crippen LogP contribution in [0.15, 0.2) is 47.5 Å². The Morgan fingerprint density at radius 1 is 1.11 bits per heavy atom. The minimum Gasteiger partial charge on any atom is -0.494 e. The van der Waals surface area contributed by atoms with Crippen LogP contribution >= 0.6 is 0 Å². The van der Waals surface area contributed by atoms with Crippen molar-refractivity contribution < 1.29 is 23.0 Å². The number of aromatic hydroxyl groups is 1. The van der Waals surface area contributed by atoms with E-state index in [-0.39, 0.29) is 17.3 Å². The Kier molecular flexibility index (Phi) is 4.72. The maximum atomic E-state index is 13.6. The number of H-pyrrole nitrogens is 1. The molecule has 28 heavy (non-hydrogen) atoms. The standard InChI is InChI=1S/C20H18F3N3O2/c21-20(22,23)16-11-13(5-6-18(16)26-7-9-28-10-8-26)24-12-15-14-3-1-2-4-17(14)25-19(15)27/h1-6,11-12,25,27H,7-10H2. The summed E-state index contributed by atoms with van der Waals surface area (Å²) in [5, 5.41) is 10.8. The summed E-state index contributed by atoms with van der Waals surface area (Å²) >= 11 is 0. The number of morpholine rings is 1. The van der Waals surface area contributed by atoms with Gasteiger partial charge in [0.05, 0.1) is 30.0 Å². The molecule has 1 saturated heterocycles. The first-order valence-electron chi connectivity index (χ1n) is 8.81. The molecule has 1 aromatic heterocycles. The van der Waals surface area contributed by atoms with E-state index in [2.05, 4.69) is 9.98 Å². The van der Waals surface area contributed by atoms with Crippen LogP contribution in [0.2, 0.25) is 0 Å². The van der Waals surface area contributed by atoms with Gasteiger partial charge in [-0.05, 0) is 24.3 Å². The maximum Gasteiger partial charge on any atom is 0.418 e. The average Bonchev–Trinajstić information content (AvgIpc) is 3.01. The highest BCUT2D eigenvalue weighted by Gasteiger charge is 2.35. The van der Waals surface area contributed by atoms with Gasteiger partial charge in [0.1, 0.15) is 0 Å².